The van der Waals surface area contributed by atoms with Crippen LogP contribution >= 0.6 is 0 Å². The van der Waals surface area contributed by atoms with E-state index < -0.39 is 0 Å². The van der Waals surface area contributed by atoms with Gasteiger partial charge in [0.25, 0.3) is 5.56 Å². The van der Waals surface area contributed by atoms with Crippen LogP contribution in [0.4, 0.5) is 0 Å². The molecule has 0 fully saturated rings. The van der Waals surface area contributed by atoms with Gasteiger partial charge < -0.3 is 9.30 Å². The van der Waals surface area contributed by atoms with E-state index in [2.05, 4.69) is 39.0 Å². The summed E-state index contributed by atoms with van der Waals surface area (Å²) in [6, 6.07) is 16.1. The first-order valence-corrected chi connectivity index (χ1v) is 9.10. The lowest BCUT2D eigenvalue weighted by Crippen LogP contribution is -2.24. The summed E-state index contributed by atoms with van der Waals surface area (Å²) < 4.78 is 7.71. The highest BCUT2D eigenvalue weighted by atomic mass is 16.5. The third-order valence-electron chi connectivity index (χ3n) is 4.84. The molecule has 3 nitrogen and oxygen atoms in total. The minimum Gasteiger partial charge on any atom is -0.492 e. The fourth-order valence-electron chi connectivity index (χ4n) is 3.31. The Bertz CT molecular complexity index is 976. The Labute approximate surface area is 155 Å². The SMILES string of the molecule is Cc1cc(=O)n(CCOc2ccc(C(C)(C)C)cc2)c2c(C)cccc12. The molecule has 26 heavy (non-hydrogen) atoms. The van der Waals surface area contributed by atoms with Gasteiger partial charge in [-0.1, -0.05) is 51.1 Å². The molecule has 0 unspecified atom stereocenters. The highest BCUT2D eigenvalue weighted by molar-refractivity contribution is 5.85. The van der Waals surface area contributed by atoms with E-state index in [1.54, 1.807) is 6.07 Å². The second-order valence-corrected chi connectivity index (χ2v) is 7.91. The van der Waals surface area contributed by atoms with Gasteiger partial charge in [-0.15, -0.1) is 0 Å². The Morgan fingerprint density at radius 1 is 0.962 bits per heavy atom. The molecule has 3 aromatic rings. The van der Waals surface area contributed by atoms with Crippen molar-refractivity contribution in [1.82, 2.24) is 4.57 Å². The van der Waals surface area contributed by atoms with Crippen LogP contribution in [0.2, 0.25) is 0 Å². The van der Waals surface area contributed by atoms with Gasteiger partial charge >= 0.3 is 0 Å². The van der Waals surface area contributed by atoms with Crippen LogP contribution in [0.1, 0.15) is 37.5 Å². The molecule has 0 spiro atoms. The van der Waals surface area contributed by atoms with E-state index in [1.165, 1.54) is 5.56 Å². The molecule has 0 atom stereocenters. The number of ether oxygens (including phenoxy) is 1. The first-order valence-electron chi connectivity index (χ1n) is 9.10. The van der Waals surface area contributed by atoms with E-state index >= 15 is 0 Å². The second kappa shape index (κ2) is 6.99. The molecule has 136 valence electrons. The van der Waals surface area contributed by atoms with Gasteiger partial charge in [0.2, 0.25) is 0 Å². The van der Waals surface area contributed by atoms with Crippen molar-refractivity contribution >= 4 is 10.9 Å². The van der Waals surface area contributed by atoms with Crippen molar-refractivity contribution in [2.45, 2.75) is 46.6 Å². The molecule has 3 heteroatoms. The van der Waals surface area contributed by atoms with Crippen LogP contribution in [0.3, 0.4) is 0 Å². The lowest BCUT2D eigenvalue weighted by Gasteiger charge is -2.19. The quantitative estimate of drug-likeness (QED) is 0.664. The molecule has 0 aliphatic heterocycles. The van der Waals surface area contributed by atoms with Crippen molar-refractivity contribution < 1.29 is 4.74 Å². The normalized spacial score (nSPS) is 11.7. The number of aryl methyl sites for hydroxylation is 2. The second-order valence-electron chi connectivity index (χ2n) is 7.91. The van der Waals surface area contributed by atoms with Gasteiger partial charge in [-0.3, -0.25) is 4.79 Å². The molecule has 1 aromatic heterocycles. The molecule has 1 heterocycles. The molecule has 0 amide bonds. The summed E-state index contributed by atoms with van der Waals surface area (Å²) in [5.41, 5.74) is 4.56. The van der Waals surface area contributed by atoms with E-state index in [9.17, 15) is 4.79 Å². The fraction of sp³-hybridized carbons (Fsp3) is 0.348. The smallest absolute Gasteiger partial charge is 0.251 e. The number of aromatic nitrogens is 1. The number of nitrogens with zero attached hydrogens (tertiary/aromatic N) is 1. The lowest BCUT2D eigenvalue weighted by molar-refractivity contribution is 0.298. The first kappa shape index (κ1) is 18.2. The number of pyridine rings is 1. The van der Waals surface area contributed by atoms with Gasteiger partial charge in [-0.25, -0.2) is 0 Å². The molecule has 0 saturated carbocycles. The minimum atomic E-state index is 0.0241. The number of hydrogen-bond donors (Lipinski definition) is 0. The predicted molar refractivity (Wildman–Crippen MR) is 108 cm³/mol. The zero-order chi connectivity index (χ0) is 18.9. The summed E-state index contributed by atoms with van der Waals surface area (Å²) in [6.45, 7) is 11.6. The Hall–Kier alpha value is -2.55. The van der Waals surface area contributed by atoms with E-state index in [0.29, 0.717) is 13.2 Å². The van der Waals surface area contributed by atoms with Crippen LogP contribution in [0.25, 0.3) is 10.9 Å². The van der Waals surface area contributed by atoms with Gasteiger partial charge in [-0.05, 0) is 48.1 Å². The third-order valence-corrected chi connectivity index (χ3v) is 4.84. The first-order chi connectivity index (χ1) is 12.3. The van der Waals surface area contributed by atoms with Crippen LogP contribution in [-0.4, -0.2) is 11.2 Å². The molecule has 0 saturated heterocycles. The van der Waals surface area contributed by atoms with Crippen molar-refractivity contribution in [1.29, 1.82) is 0 Å². The predicted octanol–water partition coefficient (Wildman–Crippen LogP) is 4.99. The van der Waals surface area contributed by atoms with Crippen LogP contribution < -0.4 is 10.3 Å². The molecular weight excluding hydrogens is 322 g/mol. The Kier molecular flexibility index (Phi) is 4.90. The summed E-state index contributed by atoms with van der Waals surface area (Å²) in [4.78, 5) is 12.5. The fourth-order valence-corrected chi connectivity index (χ4v) is 3.31. The van der Waals surface area contributed by atoms with Gasteiger partial charge in [0.1, 0.15) is 12.4 Å². The van der Waals surface area contributed by atoms with Gasteiger partial charge in [0.15, 0.2) is 0 Å². The Morgan fingerprint density at radius 3 is 2.31 bits per heavy atom. The maximum atomic E-state index is 12.5. The van der Waals surface area contributed by atoms with Gasteiger partial charge in [-0.2, -0.15) is 0 Å². The van der Waals surface area contributed by atoms with E-state index in [4.69, 9.17) is 4.74 Å². The van der Waals surface area contributed by atoms with Crippen molar-refractivity contribution in [3.63, 3.8) is 0 Å². The largest absolute Gasteiger partial charge is 0.492 e. The summed E-state index contributed by atoms with van der Waals surface area (Å²) >= 11 is 0. The molecule has 2 aromatic carbocycles. The van der Waals surface area contributed by atoms with Crippen LogP contribution in [0.5, 0.6) is 5.75 Å². The maximum absolute atomic E-state index is 12.5. The minimum absolute atomic E-state index is 0.0241. The number of hydrogen-bond acceptors (Lipinski definition) is 2. The molecule has 0 aliphatic rings. The number of rotatable bonds is 4. The van der Waals surface area contributed by atoms with Crippen molar-refractivity contribution in [2.24, 2.45) is 0 Å². The zero-order valence-corrected chi connectivity index (χ0v) is 16.3. The molecule has 0 N–H and O–H groups in total. The highest BCUT2D eigenvalue weighted by Gasteiger charge is 2.13. The Balaban J connectivity index is 1.80. The average molecular weight is 349 g/mol. The average Bonchev–Trinajstić information content (AvgIpc) is 2.58. The van der Waals surface area contributed by atoms with Crippen molar-refractivity contribution in [3.8, 4) is 5.75 Å². The van der Waals surface area contributed by atoms with Gasteiger partial charge in [0.05, 0.1) is 12.1 Å². The number of fused-ring (bicyclic) bond motifs is 1. The summed E-state index contributed by atoms with van der Waals surface area (Å²) in [7, 11) is 0. The third kappa shape index (κ3) is 3.67. The molecular formula is C23H27NO2. The van der Waals surface area contributed by atoms with Crippen LogP contribution in [-0.2, 0) is 12.0 Å². The van der Waals surface area contributed by atoms with Gasteiger partial charge in [0, 0.05) is 11.5 Å². The highest BCUT2D eigenvalue weighted by Crippen LogP contribution is 2.24. The monoisotopic (exact) mass is 349 g/mol. The number of benzene rings is 2. The summed E-state index contributed by atoms with van der Waals surface area (Å²) in [5.74, 6) is 0.833. The van der Waals surface area contributed by atoms with Crippen LogP contribution in [0.15, 0.2) is 53.3 Å². The molecule has 3 rings (SSSR count). The molecule has 0 aliphatic carbocycles. The topological polar surface area (TPSA) is 31.2 Å². The zero-order valence-electron chi connectivity index (χ0n) is 16.3. The summed E-state index contributed by atoms with van der Waals surface area (Å²) in [6.07, 6.45) is 0. The summed E-state index contributed by atoms with van der Waals surface area (Å²) in [5, 5.41) is 1.12. The van der Waals surface area contributed by atoms with Crippen LogP contribution in [0, 0.1) is 13.8 Å². The van der Waals surface area contributed by atoms with E-state index in [1.807, 2.05) is 42.7 Å². The van der Waals surface area contributed by atoms with Crippen molar-refractivity contribution in [2.75, 3.05) is 6.61 Å². The lowest BCUT2D eigenvalue weighted by atomic mass is 9.87. The molecule has 0 bridgehead atoms. The standard InChI is InChI=1S/C23H27NO2/c1-16-7-6-8-20-17(2)15-21(25)24(22(16)20)13-14-26-19-11-9-18(10-12-19)23(3,4)5/h6-12,15H,13-14H2,1-5H3. The maximum Gasteiger partial charge on any atom is 0.251 e. The van der Waals surface area contributed by atoms with Crippen molar-refractivity contribution in [3.05, 3.63) is 75.6 Å². The Morgan fingerprint density at radius 2 is 1.65 bits per heavy atom. The number of para-hydroxylation sites is 1. The van der Waals surface area contributed by atoms with E-state index in [0.717, 1.165) is 27.8 Å². The molecule has 0 radical (unpaired) electrons. The van der Waals surface area contributed by atoms with E-state index in [-0.39, 0.29) is 11.0 Å².